The Morgan fingerprint density at radius 2 is 2.64 bits per heavy atom. The van der Waals surface area contributed by atoms with Gasteiger partial charge in [-0.15, -0.1) is 0 Å². The number of aromatic nitrogens is 2. The van der Waals surface area contributed by atoms with Crippen molar-refractivity contribution in [2.24, 2.45) is 7.05 Å². The van der Waals surface area contributed by atoms with E-state index in [1.165, 1.54) is 0 Å². The summed E-state index contributed by atoms with van der Waals surface area (Å²) in [5, 5.41) is 0. The van der Waals surface area contributed by atoms with Gasteiger partial charge in [-0.1, -0.05) is 5.92 Å². The van der Waals surface area contributed by atoms with Crippen molar-refractivity contribution in [2.45, 2.75) is 6.42 Å². The van der Waals surface area contributed by atoms with Gasteiger partial charge in [0.2, 0.25) is 0 Å². The molecule has 1 rings (SSSR count). The van der Waals surface area contributed by atoms with Crippen molar-refractivity contribution in [2.75, 3.05) is 0 Å². The second-order valence-electron chi connectivity index (χ2n) is 2.10. The zero-order chi connectivity index (χ0) is 8.10. The van der Waals surface area contributed by atoms with Crippen molar-refractivity contribution in [3.63, 3.8) is 0 Å². The lowest BCUT2D eigenvalue weighted by molar-refractivity contribution is -0.107. The lowest BCUT2D eigenvalue weighted by Gasteiger charge is -1.78. The van der Waals surface area contributed by atoms with Gasteiger partial charge in [0.1, 0.15) is 12.0 Å². The zero-order valence-corrected chi connectivity index (χ0v) is 6.24. The van der Waals surface area contributed by atoms with Crippen LogP contribution >= 0.6 is 0 Å². The minimum atomic E-state index is 0.274. The topological polar surface area (TPSA) is 34.9 Å². The number of rotatable bonds is 1. The first-order valence-corrected chi connectivity index (χ1v) is 3.23. The molecule has 0 bridgehead atoms. The minimum absolute atomic E-state index is 0.274. The van der Waals surface area contributed by atoms with Crippen molar-refractivity contribution in [3.8, 4) is 11.8 Å². The summed E-state index contributed by atoms with van der Waals surface area (Å²) in [6.45, 7) is 0. The van der Waals surface area contributed by atoms with Crippen LogP contribution in [0.1, 0.15) is 12.1 Å². The van der Waals surface area contributed by atoms with Crippen molar-refractivity contribution in [3.05, 3.63) is 18.2 Å². The molecular weight excluding hydrogens is 140 g/mol. The lowest BCUT2D eigenvalue weighted by Crippen LogP contribution is -1.77. The Morgan fingerprint density at radius 3 is 3.18 bits per heavy atom. The number of imidazole rings is 1. The maximum Gasteiger partial charge on any atom is 0.131 e. The molecule has 0 fully saturated rings. The molecule has 0 aliphatic rings. The predicted octanol–water partition coefficient (Wildman–Crippen LogP) is 0.361. The number of aldehydes is 1. The summed E-state index contributed by atoms with van der Waals surface area (Å²) in [6.07, 6.45) is 4.52. The molecule has 1 aromatic heterocycles. The Balaban J connectivity index is 2.65. The summed E-state index contributed by atoms with van der Waals surface area (Å²) in [5.74, 6) is 5.42. The highest BCUT2D eigenvalue weighted by atomic mass is 16.1. The highest BCUT2D eigenvalue weighted by molar-refractivity contribution is 5.54. The minimum Gasteiger partial charge on any atom is -0.339 e. The normalized spacial score (nSPS) is 8.45. The second kappa shape index (κ2) is 3.57. The van der Waals surface area contributed by atoms with E-state index in [0.717, 1.165) is 6.29 Å². The van der Waals surface area contributed by atoms with Crippen molar-refractivity contribution in [1.29, 1.82) is 0 Å². The fraction of sp³-hybridized carbons (Fsp3) is 0.250. The molecule has 11 heavy (non-hydrogen) atoms. The van der Waals surface area contributed by atoms with Gasteiger partial charge in [0.25, 0.3) is 0 Å². The molecule has 0 radical (unpaired) electrons. The Hall–Kier alpha value is -1.56. The van der Waals surface area contributed by atoms with E-state index in [1.807, 2.05) is 11.6 Å². The first-order valence-electron chi connectivity index (χ1n) is 3.23. The summed E-state index contributed by atoms with van der Waals surface area (Å²) in [6, 6.07) is 0. The first kappa shape index (κ1) is 7.55. The van der Waals surface area contributed by atoms with E-state index < -0.39 is 0 Å². The van der Waals surface area contributed by atoms with Crippen LogP contribution in [0.5, 0.6) is 0 Å². The third kappa shape index (κ3) is 2.26. The monoisotopic (exact) mass is 148 g/mol. The average Bonchev–Trinajstić information content (AvgIpc) is 2.37. The van der Waals surface area contributed by atoms with Gasteiger partial charge in [0, 0.05) is 13.2 Å². The fourth-order valence-electron chi connectivity index (χ4n) is 0.661. The Labute approximate surface area is 65.1 Å². The van der Waals surface area contributed by atoms with Crippen LogP contribution in [-0.4, -0.2) is 15.8 Å². The standard InChI is InChI=1S/C8H8N2O/c1-10-6-8(9-7-10)4-2-3-5-11/h5-7H,3H2,1H3. The summed E-state index contributed by atoms with van der Waals surface area (Å²) in [4.78, 5) is 13.8. The molecule has 0 unspecified atom stereocenters. The third-order valence-electron chi connectivity index (χ3n) is 1.11. The number of carbonyl (C=O) groups excluding carboxylic acids is 1. The molecule has 56 valence electrons. The van der Waals surface area contributed by atoms with Crippen LogP contribution in [0.4, 0.5) is 0 Å². The summed E-state index contributed by atoms with van der Waals surface area (Å²) < 4.78 is 1.81. The summed E-state index contributed by atoms with van der Waals surface area (Å²) in [5.41, 5.74) is 0.703. The van der Waals surface area contributed by atoms with Crippen LogP contribution in [0.15, 0.2) is 12.5 Å². The number of hydrogen-bond donors (Lipinski definition) is 0. The maximum absolute atomic E-state index is 9.87. The molecular formula is C8H8N2O. The Bertz CT molecular complexity index is 303. The fourth-order valence-corrected chi connectivity index (χ4v) is 0.661. The van der Waals surface area contributed by atoms with Crippen molar-refractivity contribution in [1.82, 2.24) is 9.55 Å². The smallest absolute Gasteiger partial charge is 0.131 e. The number of aryl methyl sites for hydroxylation is 1. The average molecular weight is 148 g/mol. The van der Waals surface area contributed by atoms with Crippen LogP contribution in [0, 0.1) is 11.8 Å². The highest BCUT2D eigenvalue weighted by Crippen LogP contribution is 1.89. The van der Waals surface area contributed by atoms with E-state index in [0.29, 0.717) is 5.69 Å². The zero-order valence-electron chi connectivity index (χ0n) is 6.24. The number of carbonyl (C=O) groups is 1. The molecule has 3 heteroatoms. The highest BCUT2D eigenvalue weighted by Gasteiger charge is 1.87. The molecule has 0 spiro atoms. The van der Waals surface area contributed by atoms with E-state index in [2.05, 4.69) is 16.8 Å². The Morgan fingerprint density at radius 1 is 1.82 bits per heavy atom. The molecule has 0 saturated carbocycles. The van der Waals surface area contributed by atoms with Crippen LogP contribution < -0.4 is 0 Å². The predicted molar refractivity (Wildman–Crippen MR) is 40.8 cm³/mol. The molecule has 0 atom stereocenters. The number of hydrogen-bond acceptors (Lipinski definition) is 2. The van der Waals surface area contributed by atoms with Crippen molar-refractivity contribution < 1.29 is 4.79 Å². The lowest BCUT2D eigenvalue weighted by atomic mass is 10.4. The molecule has 0 amide bonds. The van der Waals surface area contributed by atoms with Gasteiger partial charge in [-0.05, 0) is 5.92 Å². The molecule has 3 nitrogen and oxygen atoms in total. The van der Waals surface area contributed by atoms with E-state index in [4.69, 9.17) is 0 Å². The molecule has 0 aliphatic heterocycles. The molecule has 0 saturated heterocycles. The van der Waals surface area contributed by atoms with Crippen molar-refractivity contribution >= 4 is 6.29 Å². The van der Waals surface area contributed by atoms with Gasteiger partial charge in [-0.2, -0.15) is 0 Å². The van der Waals surface area contributed by atoms with Gasteiger partial charge in [-0.3, -0.25) is 0 Å². The molecule has 1 aromatic rings. The molecule has 0 N–H and O–H groups in total. The van der Waals surface area contributed by atoms with E-state index >= 15 is 0 Å². The SMILES string of the molecule is Cn1cnc(C#CCC=O)c1. The largest absolute Gasteiger partial charge is 0.339 e. The van der Waals surface area contributed by atoms with Gasteiger partial charge in [0.05, 0.1) is 12.7 Å². The van der Waals surface area contributed by atoms with Gasteiger partial charge < -0.3 is 9.36 Å². The first-order chi connectivity index (χ1) is 5.33. The molecule has 1 heterocycles. The van der Waals surface area contributed by atoms with Gasteiger partial charge >= 0.3 is 0 Å². The molecule has 0 aliphatic carbocycles. The second-order valence-corrected chi connectivity index (χ2v) is 2.10. The number of nitrogens with zero attached hydrogens (tertiary/aromatic N) is 2. The van der Waals surface area contributed by atoms with Crippen LogP contribution in [-0.2, 0) is 11.8 Å². The summed E-state index contributed by atoms with van der Waals surface area (Å²) >= 11 is 0. The van der Waals surface area contributed by atoms with Gasteiger partial charge in [-0.25, -0.2) is 4.98 Å². The van der Waals surface area contributed by atoms with Crippen LogP contribution in [0.2, 0.25) is 0 Å². The van der Waals surface area contributed by atoms with E-state index in [-0.39, 0.29) is 6.42 Å². The van der Waals surface area contributed by atoms with Crippen LogP contribution in [0.25, 0.3) is 0 Å². The molecule has 0 aromatic carbocycles. The maximum atomic E-state index is 9.87. The van der Waals surface area contributed by atoms with E-state index in [9.17, 15) is 4.79 Å². The quantitative estimate of drug-likeness (QED) is 0.425. The third-order valence-corrected chi connectivity index (χ3v) is 1.11. The summed E-state index contributed by atoms with van der Waals surface area (Å²) in [7, 11) is 1.87. The van der Waals surface area contributed by atoms with Crippen LogP contribution in [0.3, 0.4) is 0 Å². The van der Waals surface area contributed by atoms with E-state index in [1.54, 1.807) is 12.5 Å². The Kier molecular flexibility index (Phi) is 2.45. The van der Waals surface area contributed by atoms with Gasteiger partial charge in [0.15, 0.2) is 0 Å².